The van der Waals surface area contributed by atoms with E-state index in [4.69, 9.17) is 0 Å². The molecule has 0 heterocycles. The largest absolute Gasteiger partial charge is 0.0654 e. The van der Waals surface area contributed by atoms with E-state index in [-0.39, 0.29) is 0 Å². The van der Waals surface area contributed by atoms with Crippen molar-refractivity contribution >= 4 is 0 Å². The lowest BCUT2D eigenvalue weighted by Crippen LogP contribution is -2.53. The van der Waals surface area contributed by atoms with Crippen molar-refractivity contribution in [2.45, 2.75) is 118 Å². The number of hydrogen-bond acceptors (Lipinski definition) is 0. The van der Waals surface area contributed by atoms with Gasteiger partial charge >= 0.3 is 0 Å². The van der Waals surface area contributed by atoms with E-state index in [9.17, 15) is 0 Å². The van der Waals surface area contributed by atoms with E-state index in [0.717, 1.165) is 41.4 Å². The molecule has 0 spiro atoms. The van der Waals surface area contributed by atoms with Crippen LogP contribution >= 0.6 is 0 Å². The molecule has 0 saturated heterocycles. The van der Waals surface area contributed by atoms with E-state index in [2.05, 4.69) is 34.6 Å². The smallest absolute Gasteiger partial charge is 0.0264 e. The Morgan fingerprint density at radius 1 is 0.852 bits per heavy atom. The maximum atomic E-state index is 2.75. The third-order valence-corrected chi connectivity index (χ3v) is 11.1. The number of rotatable bonds is 5. The average molecular weight is 373 g/mol. The molecule has 0 aromatic heterocycles. The first kappa shape index (κ1) is 20.3. The van der Waals surface area contributed by atoms with Gasteiger partial charge in [0, 0.05) is 0 Å². The molecule has 9 atom stereocenters. The van der Waals surface area contributed by atoms with Crippen LogP contribution in [0.15, 0.2) is 0 Å². The van der Waals surface area contributed by atoms with Gasteiger partial charge in [0.1, 0.15) is 0 Å². The molecule has 156 valence electrons. The standard InChI is InChI=1S/C27H48/c1-6-8-9-19(3)23-12-13-24-22-11-10-21-18-20(7-2)14-16-26(21,4)25(22)15-17-27(23,24)5/h19-25H,6-18H2,1-5H3. The zero-order valence-corrected chi connectivity index (χ0v) is 19.2. The lowest BCUT2D eigenvalue weighted by molar-refractivity contribution is -0.121. The van der Waals surface area contributed by atoms with Crippen LogP contribution in [0.5, 0.6) is 0 Å². The van der Waals surface area contributed by atoms with Gasteiger partial charge in [0.15, 0.2) is 0 Å². The molecule has 0 bridgehead atoms. The molecule has 0 aromatic carbocycles. The van der Waals surface area contributed by atoms with E-state index >= 15 is 0 Å². The third-order valence-electron chi connectivity index (χ3n) is 11.1. The molecule has 0 aromatic rings. The summed E-state index contributed by atoms with van der Waals surface area (Å²) >= 11 is 0. The van der Waals surface area contributed by atoms with Crippen LogP contribution in [0.3, 0.4) is 0 Å². The summed E-state index contributed by atoms with van der Waals surface area (Å²) in [7, 11) is 0. The van der Waals surface area contributed by atoms with Crippen molar-refractivity contribution in [1.82, 2.24) is 0 Å². The Kier molecular flexibility index (Phi) is 5.77. The molecular weight excluding hydrogens is 324 g/mol. The van der Waals surface area contributed by atoms with Gasteiger partial charge in [-0.25, -0.2) is 0 Å². The summed E-state index contributed by atoms with van der Waals surface area (Å²) in [5, 5.41) is 0. The van der Waals surface area contributed by atoms with Crippen LogP contribution in [-0.2, 0) is 0 Å². The summed E-state index contributed by atoms with van der Waals surface area (Å²) in [4.78, 5) is 0. The molecule has 4 fully saturated rings. The van der Waals surface area contributed by atoms with Gasteiger partial charge in [-0.15, -0.1) is 0 Å². The average Bonchev–Trinajstić information content (AvgIpc) is 3.02. The Hall–Kier alpha value is 0. The van der Waals surface area contributed by atoms with Gasteiger partial charge in [-0.1, -0.05) is 60.3 Å². The summed E-state index contributed by atoms with van der Waals surface area (Å²) in [6.07, 6.45) is 19.8. The van der Waals surface area contributed by atoms with Crippen molar-refractivity contribution in [2.24, 2.45) is 52.3 Å². The SMILES string of the molecule is CCCCC(C)C1CCC2C3CCC4CC(CC)CCC4(C)C3CCC12C. The molecule has 0 amide bonds. The first-order valence-electron chi connectivity index (χ1n) is 12.9. The van der Waals surface area contributed by atoms with Crippen molar-refractivity contribution < 1.29 is 0 Å². The second kappa shape index (κ2) is 7.68. The number of fused-ring (bicyclic) bond motifs is 5. The highest BCUT2D eigenvalue weighted by Gasteiger charge is 2.60. The monoisotopic (exact) mass is 372 g/mol. The highest BCUT2D eigenvalue weighted by Crippen LogP contribution is 2.68. The van der Waals surface area contributed by atoms with Crippen molar-refractivity contribution in [3.8, 4) is 0 Å². The van der Waals surface area contributed by atoms with Gasteiger partial charge in [-0.3, -0.25) is 0 Å². The van der Waals surface area contributed by atoms with Crippen LogP contribution in [0.4, 0.5) is 0 Å². The van der Waals surface area contributed by atoms with E-state index in [0.29, 0.717) is 10.8 Å². The van der Waals surface area contributed by atoms with Crippen LogP contribution in [0.2, 0.25) is 0 Å². The molecular formula is C27H48. The van der Waals surface area contributed by atoms with E-state index in [1.165, 1.54) is 32.1 Å². The lowest BCUT2D eigenvalue weighted by Gasteiger charge is -2.61. The van der Waals surface area contributed by atoms with Crippen molar-refractivity contribution in [3.63, 3.8) is 0 Å². The molecule has 0 radical (unpaired) electrons. The second-order valence-electron chi connectivity index (χ2n) is 12.1. The molecule has 27 heavy (non-hydrogen) atoms. The minimum Gasteiger partial charge on any atom is -0.0654 e. The maximum absolute atomic E-state index is 2.75. The minimum atomic E-state index is 0.679. The molecule has 0 aliphatic heterocycles. The normalized spacial score (nSPS) is 50.6. The van der Waals surface area contributed by atoms with Gasteiger partial charge in [-0.05, 0) is 110 Å². The predicted molar refractivity (Wildman–Crippen MR) is 118 cm³/mol. The van der Waals surface area contributed by atoms with E-state index in [1.54, 1.807) is 51.4 Å². The van der Waals surface area contributed by atoms with Gasteiger partial charge in [-0.2, -0.15) is 0 Å². The fourth-order valence-corrected chi connectivity index (χ4v) is 9.42. The van der Waals surface area contributed by atoms with Crippen LogP contribution in [0.1, 0.15) is 118 Å². The van der Waals surface area contributed by atoms with Crippen molar-refractivity contribution in [3.05, 3.63) is 0 Å². The van der Waals surface area contributed by atoms with Crippen molar-refractivity contribution in [2.75, 3.05) is 0 Å². The Morgan fingerprint density at radius 2 is 1.59 bits per heavy atom. The highest BCUT2D eigenvalue weighted by atomic mass is 14.6. The predicted octanol–water partition coefficient (Wildman–Crippen LogP) is 8.50. The van der Waals surface area contributed by atoms with Crippen LogP contribution in [0.25, 0.3) is 0 Å². The molecule has 0 N–H and O–H groups in total. The number of hydrogen-bond donors (Lipinski definition) is 0. The fourth-order valence-electron chi connectivity index (χ4n) is 9.42. The summed E-state index contributed by atoms with van der Waals surface area (Å²) in [6, 6.07) is 0. The minimum absolute atomic E-state index is 0.679. The fraction of sp³-hybridized carbons (Fsp3) is 1.00. The summed E-state index contributed by atoms with van der Waals surface area (Å²) in [5.74, 6) is 7.29. The Balaban J connectivity index is 1.51. The molecule has 4 rings (SSSR count). The zero-order valence-electron chi connectivity index (χ0n) is 19.2. The number of unbranched alkanes of at least 4 members (excludes halogenated alkanes) is 1. The summed E-state index contributed by atoms with van der Waals surface area (Å²) in [5.41, 5.74) is 1.37. The van der Waals surface area contributed by atoms with Gasteiger partial charge < -0.3 is 0 Å². The van der Waals surface area contributed by atoms with Gasteiger partial charge in [0.2, 0.25) is 0 Å². The summed E-state index contributed by atoms with van der Waals surface area (Å²) in [6.45, 7) is 12.9. The van der Waals surface area contributed by atoms with E-state index < -0.39 is 0 Å². The summed E-state index contributed by atoms with van der Waals surface area (Å²) < 4.78 is 0. The second-order valence-corrected chi connectivity index (χ2v) is 12.1. The quantitative estimate of drug-likeness (QED) is 0.453. The van der Waals surface area contributed by atoms with Gasteiger partial charge in [0.25, 0.3) is 0 Å². The van der Waals surface area contributed by atoms with Gasteiger partial charge in [0.05, 0.1) is 0 Å². The van der Waals surface area contributed by atoms with Crippen molar-refractivity contribution in [1.29, 1.82) is 0 Å². The maximum Gasteiger partial charge on any atom is -0.0264 e. The van der Waals surface area contributed by atoms with Crippen LogP contribution in [0, 0.1) is 52.3 Å². The van der Waals surface area contributed by atoms with E-state index in [1.807, 2.05) is 0 Å². The molecule has 0 nitrogen and oxygen atoms in total. The molecule has 4 saturated carbocycles. The first-order chi connectivity index (χ1) is 12.9. The lowest BCUT2D eigenvalue weighted by atomic mass is 9.44. The Bertz CT molecular complexity index is 508. The highest BCUT2D eigenvalue weighted by molar-refractivity contribution is 5.09. The Morgan fingerprint density at radius 3 is 2.33 bits per heavy atom. The molecule has 4 aliphatic carbocycles. The molecule has 4 aliphatic rings. The molecule has 0 heteroatoms. The topological polar surface area (TPSA) is 0 Å². The van der Waals surface area contributed by atoms with Crippen LogP contribution < -0.4 is 0 Å². The third kappa shape index (κ3) is 3.24. The zero-order chi connectivity index (χ0) is 19.2. The van der Waals surface area contributed by atoms with Crippen LogP contribution in [-0.4, -0.2) is 0 Å². The molecule has 9 unspecified atom stereocenters. The first-order valence-corrected chi connectivity index (χ1v) is 12.9. The Labute approximate surface area is 170 Å².